The molecule has 1 N–H and O–H groups in total. The second kappa shape index (κ2) is 10.5. The zero-order valence-corrected chi connectivity index (χ0v) is 19.9. The molecule has 4 rings (SSSR count). The third-order valence-electron chi connectivity index (χ3n) is 5.74. The van der Waals surface area contributed by atoms with Crippen molar-refractivity contribution in [2.45, 2.75) is 19.9 Å². The molecular formula is C29H26N4O2. The molecule has 35 heavy (non-hydrogen) atoms. The molecule has 174 valence electrons. The predicted octanol–water partition coefficient (Wildman–Crippen LogP) is 5.64. The van der Waals surface area contributed by atoms with Crippen LogP contribution in [0.15, 0.2) is 90.6 Å². The number of methoxy groups -OCH3 is 1. The van der Waals surface area contributed by atoms with Crippen LogP contribution in [0.5, 0.6) is 5.75 Å². The Kier molecular flexibility index (Phi) is 7.08. The van der Waals surface area contributed by atoms with E-state index in [0.717, 1.165) is 28.1 Å². The summed E-state index contributed by atoms with van der Waals surface area (Å²) < 4.78 is 7.14. The van der Waals surface area contributed by atoms with Gasteiger partial charge in [-0.1, -0.05) is 48.5 Å². The van der Waals surface area contributed by atoms with Gasteiger partial charge in [0.25, 0.3) is 5.91 Å². The molecule has 0 bridgehead atoms. The Morgan fingerprint density at radius 1 is 1.09 bits per heavy atom. The van der Waals surface area contributed by atoms with Gasteiger partial charge < -0.3 is 10.1 Å². The summed E-state index contributed by atoms with van der Waals surface area (Å²) >= 11 is 0. The van der Waals surface area contributed by atoms with E-state index in [9.17, 15) is 10.1 Å². The lowest BCUT2D eigenvalue weighted by Gasteiger charge is -2.13. The number of ether oxygens (including phenoxy) is 1. The van der Waals surface area contributed by atoms with Gasteiger partial charge in [-0.05, 0) is 61.4 Å². The molecule has 0 spiro atoms. The quantitative estimate of drug-likeness (QED) is 0.285. The molecule has 0 radical (unpaired) electrons. The van der Waals surface area contributed by atoms with E-state index in [0.29, 0.717) is 11.3 Å². The van der Waals surface area contributed by atoms with E-state index in [1.807, 2.05) is 98.9 Å². The van der Waals surface area contributed by atoms with Crippen molar-refractivity contribution in [3.05, 3.63) is 107 Å². The van der Waals surface area contributed by atoms with Crippen LogP contribution in [0.1, 0.15) is 29.7 Å². The number of rotatable bonds is 7. The van der Waals surface area contributed by atoms with Crippen molar-refractivity contribution < 1.29 is 9.53 Å². The van der Waals surface area contributed by atoms with Gasteiger partial charge in [0.05, 0.1) is 18.8 Å². The van der Waals surface area contributed by atoms with Crippen LogP contribution < -0.4 is 10.1 Å². The molecule has 1 heterocycles. The number of nitrogens with zero attached hydrogens (tertiary/aromatic N) is 3. The van der Waals surface area contributed by atoms with E-state index < -0.39 is 5.91 Å². The minimum Gasteiger partial charge on any atom is -0.496 e. The maximum Gasteiger partial charge on any atom is 0.262 e. The minimum atomic E-state index is -0.437. The van der Waals surface area contributed by atoms with Gasteiger partial charge in [-0.2, -0.15) is 10.4 Å². The van der Waals surface area contributed by atoms with Crippen LogP contribution in [0.25, 0.3) is 23.0 Å². The maximum absolute atomic E-state index is 13.0. The van der Waals surface area contributed by atoms with Crippen molar-refractivity contribution in [1.82, 2.24) is 15.1 Å². The highest BCUT2D eigenvalue weighted by Gasteiger charge is 2.17. The summed E-state index contributed by atoms with van der Waals surface area (Å²) in [6, 6.07) is 26.9. The molecule has 0 aliphatic heterocycles. The number of carbonyl (C=O) groups is 1. The Bertz CT molecular complexity index is 1400. The molecule has 1 atom stereocenters. The number of hydrogen-bond acceptors (Lipinski definition) is 4. The van der Waals surface area contributed by atoms with E-state index in [1.165, 1.54) is 0 Å². The van der Waals surface area contributed by atoms with Crippen LogP contribution in [-0.2, 0) is 4.79 Å². The van der Waals surface area contributed by atoms with E-state index in [1.54, 1.807) is 17.9 Å². The van der Waals surface area contributed by atoms with Gasteiger partial charge in [-0.3, -0.25) is 4.79 Å². The third kappa shape index (κ3) is 5.31. The number of benzene rings is 3. The predicted molar refractivity (Wildman–Crippen MR) is 137 cm³/mol. The normalized spacial score (nSPS) is 12.0. The van der Waals surface area contributed by atoms with Crippen LogP contribution in [0, 0.1) is 18.3 Å². The van der Waals surface area contributed by atoms with Crippen LogP contribution >= 0.6 is 0 Å². The molecule has 0 aliphatic rings. The van der Waals surface area contributed by atoms with Crippen molar-refractivity contribution in [1.29, 1.82) is 5.26 Å². The average Bonchev–Trinajstić information content (AvgIpc) is 3.32. The van der Waals surface area contributed by atoms with Crippen molar-refractivity contribution in [2.75, 3.05) is 7.11 Å². The number of aryl methyl sites for hydroxylation is 1. The molecule has 4 aromatic rings. The SMILES string of the molecule is COc1ccc(-c2nn(-c3ccccc3)cc2C=C(C#N)C(=O)NC(C)c2ccccc2)cc1C. The number of para-hydroxylation sites is 1. The average molecular weight is 463 g/mol. The molecule has 3 aromatic carbocycles. The highest BCUT2D eigenvalue weighted by Crippen LogP contribution is 2.29. The summed E-state index contributed by atoms with van der Waals surface area (Å²) in [7, 11) is 1.63. The number of aromatic nitrogens is 2. The number of nitriles is 1. The highest BCUT2D eigenvalue weighted by atomic mass is 16.5. The number of hydrogen-bond donors (Lipinski definition) is 1. The van der Waals surface area contributed by atoms with Gasteiger partial charge in [0.1, 0.15) is 23.1 Å². The summed E-state index contributed by atoms with van der Waals surface area (Å²) in [5.41, 5.74) is 4.99. The molecule has 0 aliphatic carbocycles. The third-order valence-corrected chi connectivity index (χ3v) is 5.74. The second-order valence-corrected chi connectivity index (χ2v) is 8.17. The lowest BCUT2D eigenvalue weighted by molar-refractivity contribution is -0.117. The van der Waals surface area contributed by atoms with Crippen molar-refractivity contribution in [2.24, 2.45) is 0 Å². The molecular weight excluding hydrogens is 436 g/mol. The van der Waals surface area contributed by atoms with Crippen molar-refractivity contribution >= 4 is 12.0 Å². The van der Waals surface area contributed by atoms with Crippen LogP contribution in [-0.4, -0.2) is 22.8 Å². The van der Waals surface area contributed by atoms with Gasteiger partial charge in [-0.25, -0.2) is 4.68 Å². The topological polar surface area (TPSA) is 79.9 Å². The van der Waals surface area contributed by atoms with Gasteiger partial charge in [0.2, 0.25) is 0 Å². The fourth-order valence-electron chi connectivity index (χ4n) is 3.86. The monoisotopic (exact) mass is 462 g/mol. The zero-order valence-electron chi connectivity index (χ0n) is 19.9. The Morgan fingerprint density at radius 3 is 2.40 bits per heavy atom. The second-order valence-electron chi connectivity index (χ2n) is 8.17. The Hall–Kier alpha value is -4.63. The van der Waals surface area contributed by atoms with Crippen molar-refractivity contribution in [3.63, 3.8) is 0 Å². The van der Waals surface area contributed by atoms with Gasteiger partial charge in [0.15, 0.2) is 0 Å². The summed E-state index contributed by atoms with van der Waals surface area (Å²) in [5.74, 6) is 0.341. The fraction of sp³-hybridized carbons (Fsp3) is 0.138. The maximum atomic E-state index is 13.0. The zero-order chi connectivity index (χ0) is 24.8. The number of nitrogens with one attached hydrogen (secondary N) is 1. The fourth-order valence-corrected chi connectivity index (χ4v) is 3.86. The lowest BCUT2D eigenvalue weighted by atomic mass is 10.0. The highest BCUT2D eigenvalue weighted by molar-refractivity contribution is 6.02. The van der Waals surface area contributed by atoms with Gasteiger partial charge >= 0.3 is 0 Å². The standard InChI is InChI=1S/C29H26N4O2/c1-20-16-23(14-15-27(20)35-3)28-25(19-33(32-28)26-12-8-5-9-13-26)17-24(18-30)29(34)31-21(2)22-10-6-4-7-11-22/h4-17,19,21H,1-3H3,(H,31,34). The molecule has 1 amide bonds. The summed E-state index contributed by atoms with van der Waals surface area (Å²) in [6.45, 7) is 3.85. The summed E-state index contributed by atoms with van der Waals surface area (Å²) in [6.07, 6.45) is 3.42. The van der Waals surface area contributed by atoms with Gasteiger partial charge in [-0.15, -0.1) is 0 Å². The van der Waals surface area contributed by atoms with Crippen LogP contribution in [0.3, 0.4) is 0 Å². The number of carbonyl (C=O) groups excluding carboxylic acids is 1. The molecule has 6 heteroatoms. The van der Waals surface area contributed by atoms with Crippen molar-refractivity contribution in [3.8, 4) is 28.8 Å². The summed E-state index contributed by atoms with van der Waals surface area (Å²) in [5, 5.41) is 17.5. The van der Waals surface area contributed by atoms with E-state index in [4.69, 9.17) is 9.84 Å². The number of amides is 1. The van der Waals surface area contributed by atoms with E-state index >= 15 is 0 Å². The minimum absolute atomic E-state index is 0.00637. The molecule has 0 fully saturated rings. The molecule has 0 saturated heterocycles. The van der Waals surface area contributed by atoms with E-state index in [2.05, 4.69) is 11.4 Å². The molecule has 6 nitrogen and oxygen atoms in total. The first-order valence-electron chi connectivity index (χ1n) is 11.3. The Morgan fingerprint density at radius 2 is 1.77 bits per heavy atom. The van der Waals surface area contributed by atoms with E-state index in [-0.39, 0.29) is 11.6 Å². The largest absolute Gasteiger partial charge is 0.496 e. The Balaban J connectivity index is 1.73. The van der Waals surface area contributed by atoms with Gasteiger partial charge in [0, 0.05) is 17.3 Å². The Labute approximate surface area is 205 Å². The molecule has 1 unspecified atom stereocenters. The first-order valence-corrected chi connectivity index (χ1v) is 11.3. The van der Waals surface area contributed by atoms with Crippen LogP contribution in [0.4, 0.5) is 0 Å². The molecule has 1 aromatic heterocycles. The lowest BCUT2D eigenvalue weighted by Crippen LogP contribution is -2.27. The first-order chi connectivity index (χ1) is 17.0. The summed E-state index contributed by atoms with van der Waals surface area (Å²) in [4.78, 5) is 13.0. The van der Waals surface area contributed by atoms with Crippen LogP contribution in [0.2, 0.25) is 0 Å². The first kappa shape index (κ1) is 23.5. The molecule has 0 saturated carbocycles. The smallest absolute Gasteiger partial charge is 0.262 e.